The van der Waals surface area contributed by atoms with Crippen molar-refractivity contribution in [3.05, 3.63) is 74.1 Å². The van der Waals surface area contributed by atoms with Crippen LogP contribution in [-0.4, -0.2) is 30.0 Å². The molecule has 1 heterocycles. The van der Waals surface area contributed by atoms with Gasteiger partial charge in [0.25, 0.3) is 11.6 Å². The van der Waals surface area contributed by atoms with Gasteiger partial charge in [-0.3, -0.25) is 14.9 Å². The number of fused-ring (bicyclic) bond motifs is 3. The van der Waals surface area contributed by atoms with Crippen LogP contribution in [0.1, 0.15) is 17.5 Å². The molecule has 1 N–H and O–H groups in total. The highest BCUT2D eigenvalue weighted by Gasteiger charge is 2.20. The molecule has 164 valence electrons. The number of aryl methyl sites for hydroxylation is 1. The molecule has 1 aliphatic carbocycles. The maximum atomic E-state index is 12.1. The lowest BCUT2D eigenvalue weighted by molar-refractivity contribution is -0.384. The Hall–Kier alpha value is -4.21. The number of rotatable bonds is 7. The second kappa shape index (κ2) is 8.88. The molecular formula is C22H18N2O8. The van der Waals surface area contributed by atoms with Gasteiger partial charge in [0.2, 0.25) is 0 Å². The van der Waals surface area contributed by atoms with Crippen LogP contribution in [0, 0.1) is 10.1 Å². The Morgan fingerprint density at radius 2 is 1.91 bits per heavy atom. The lowest BCUT2D eigenvalue weighted by Crippen LogP contribution is -2.23. The number of carbonyl (C=O) groups excluding carboxylic acids is 2. The Labute approximate surface area is 180 Å². The number of nitro benzene ring substituents is 1. The fourth-order valence-electron chi connectivity index (χ4n) is 3.58. The summed E-state index contributed by atoms with van der Waals surface area (Å²) < 4.78 is 15.6. The van der Waals surface area contributed by atoms with E-state index >= 15 is 0 Å². The molecule has 3 aromatic rings. The second-order valence-corrected chi connectivity index (χ2v) is 7.16. The molecule has 1 aromatic heterocycles. The van der Waals surface area contributed by atoms with E-state index in [1.54, 1.807) is 12.1 Å². The number of hydrogen-bond acceptors (Lipinski definition) is 8. The number of nitrogens with one attached hydrogen (secondary N) is 1. The van der Waals surface area contributed by atoms with Crippen molar-refractivity contribution in [3.8, 4) is 5.75 Å². The summed E-state index contributed by atoms with van der Waals surface area (Å²) in [7, 11) is 0. The van der Waals surface area contributed by atoms with Crippen LogP contribution in [0.25, 0.3) is 11.0 Å². The van der Waals surface area contributed by atoms with Gasteiger partial charge < -0.3 is 19.2 Å². The summed E-state index contributed by atoms with van der Waals surface area (Å²) in [5.74, 6) is -1.12. The summed E-state index contributed by atoms with van der Waals surface area (Å²) in [6.45, 7) is -1.03. The Kier molecular flexibility index (Phi) is 5.84. The number of carbonyl (C=O) groups is 2. The summed E-state index contributed by atoms with van der Waals surface area (Å²) in [5, 5.41) is 14.0. The number of benzene rings is 2. The van der Waals surface area contributed by atoms with Crippen molar-refractivity contribution in [2.24, 2.45) is 0 Å². The molecule has 0 radical (unpaired) electrons. The molecule has 0 fully saturated rings. The quantitative estimate of drug-likeness (QED) is 0.257. The summed E-state index contributed by atoms with van der Waals surface area (Å²) in [6, 6.07) is 10.4. The van der Waals surface area contributed by atoms with Crippen molar-refractivity contribution < 1.29 is 28.4 Å². The standard InChI is InChI=1S/C22H18N2O8/c25-20(23-13-3-1-4-14(9-13)24(28)29)11-31-21(26)12-30-15-7-8-17-16-5-2-6-18(16)22(27)32-19(17)10-15/h1,3-4,7-10H,2,5-6,11-12H2,(H,23,25). The van der Waals surface area contributed by atoms with Gasteiger partial charge in [0.05, 0.1) is 4.92 Å². The molecule has 10 nitrogen and oxygen atoms in total. The average Bonchev–Trinajstić information content (AvgIpc) is 3.27. The van der Waals surface area contributed by atoms with Crippen molar-refractivity contribution in [2.45, 2.75) is 19.3 Å². The first kappa shape index (κ1) is 21.0. The largest absolute Gasteiger partial charge is 0.482 e. The fourth-order valence-corrected chi connectivity index (χ4v) is 3.58. The van der Waals surface area contributed by atoms with E-state index < -0.39 is 30.0 Å². The molecule has 0 aliphatic heterocycles. The van der Waals surface area contributed by atoms with Crippen LogP contribution in [0.15, 0.2) is 51.7 Å². The van der Waals surface area contributed by atoms with E-state index in [1.807, 2.05) is 0 Å². The first-order valence-electron chi connectivity index (χ1n) is 9.82. The average molecular weight is 438 g/mol. The molecule has 1 amide bonds. The zero-order chi connectivity index (χ0) is 22.7. The third-order valence-corrected chi connectivity index (χ3v) is 5.01. The van der Waals surface area contributed by atoms with E-state index in [0.717, 1.165) is 29.4 Å². The lowest BCUT2D eigenvalue weighted by atomic mass is 10.1. The zero-order valence-corrected chi connectivity index (χ0v) is 16.8. The lowest BCUT2D eigenvalue weighted by Gasteiger charge is -2.09. The predicted molar refractivity (Wildman–Crippen MR) is 113 cm³/mol. The number of hydrogen-bond donors (Lipinski definition) is 1. The molecular weight excluding hydrogens is 420 g/mol. The third kappa shape index (κ3) is 4.59. The molecule has 2 aromatic carbocycles. The highest BCUT2D eigenvalue weighted by atomic mass is 16.6. The molecule has 1 aliphatic rings. The predicted octanol–water partition coefficient (Wildman–Crippen LogP) is 2.75. The highest BCUT2D eigenvalue weighted by molar-refractivity contribution is 5.93. The molecule has 4 rings (SSSR count). The molecule has 0 atom stereocenters. The van der Waals surface area contributed by atoms with Gasteiger partial charge >= 0.3 is 11.6 Å². The normalized spacial score (nSPS) is 12.2. The number of non-ortho nitro benzene ring substituents is 1. The van der Waals surface area contributed by atoms with Gasteiger partial charge in [0.15, 0.2) is 13.2 Å². The van der Waals surface area contributed by atoms with E-state index in [-0.39, 0.29) is 17.0 Å². The van der Waals surface area contributed by atoms with Crippen LogP contribution in [0.2, 0.25) is 0 Å². The van der Waals surface area contributed by atoms with Crippen molar-refractivity contribution in [3.63, 3.8) is 0 Å². The Morgan fingerprint density at radius 3 is 2.72 bits per heavy atom. The van der Waals surface area contributed by atoms with Crippen molar-refractivity contribution in [1.29, 1.82) is 0 Å². The monoisotopic (exact) mass is 438 g/mol. The van der Waals surface area contributed by atoms with Crippen LogP contribution in [-0.2, 0) is 27.2 Å². The second-order valence-electron chi connectivity index (χ2n) is 7.16. The van der Waals surface area contributed by atoms with Crippen LogP contribution >= 0.6 is 0 Å². The summed E-state index contributed by atoms with van der Waals surface area (Å²) in [6.07, 6.45) is 2.45. The van der Waals surface area contributed by atoms with E-state index in [9.17, 15) is 24.5 Å². The number of amides is 1. The van der Waals surface area contributed by atoms with E-state index in [4.69, 9.17) is 13.9 Å². The number of anilines is 1. The van der Waals surface area contributed by atoms with Gasteiger partial charge in [-0.2, -0.15) is 0 Å². The summed E-state index contributed by atoms with van der Waals surface area (Å²) >= 11 is 0. The first-order chi connectivity index (χ1) is 15.4. The van der Waals surface area contributed by atoms with E-state index in [1.165, 1.54) is 30.3 Å². The van der Waals surface area contributed by atoms with E-state index in [2.05, 4.69) is 5.32 Å². The Bertz CT molecular complexity index is 1280. The van der Waals surface area contributed by atoms with Gasteiger partial charge in [-0.15, -0.1) is 0 Å². The van der Waals surface area contributed by atoms with Crippen LogP contribution in [0.3, 0.4) is 0 Å². The smallest absolute Gasteiger partial charge is 0.344 e. The number of ether oxygens (including phenoxy) is 2. The van der Waals surface area contributed by atoms with Gasteiger partial charge in [-0.25, -0.2) is 9.59 Å². The highest BCUT2D eigenvalue weighted by Crippen LogP contribution is 2.29. The Balaban J connectivity index is 1.30. The number of nitro groups is 1. The van der Waals surface area contributed by atoms with Crippen molar-refractivity contribution in [2.75, 3.05) is 18.5 Å². The minimum Gasteiger partial charge on any atom is -0.482 e. The van der Waals surface area contributed by atoms with Crippen LogP contribution in [0.5, 0.6) is 5.75 Å². The molecule has 0 saturated heterocycles. The zero-order valence-electron chi connectivity index (χ0n) is 16.8. The minimum absolute atomic E-state index is 0.177. The topological polar surface area (TPSA) is 138 Å². The maximum Gasteiger partial charge on any atom is 0.344 e. The van der Waals surface area contributed by atoms with Crippen molar-refractivity contribution >= 4 is 34.2 Å². The summed E-state index contributed by atoms with van der Waals surface area (Å²) in [4.78, 5) is 46.1. The molecule has 0 bridgehead atoms. The Morgan fingerprint density at radius 1 is 1.09 bits per heavy atom. The van der Waals surface area contributed by atoms with Gasteiger partial charge in [0, 0.05) is 34.8 Å². The maximum absolute atomic E-state index is 12.1. The van der Waals surface area contributed by atoms with Crippen LogP contribution in [0.4, 0.5) is 11.4 Å². The molecule has 0 unspecified atom stereocenters. The first-order valence-corrected chi connectivity index (χ1v) is 9.82. The van der Waals surface area contributed by atoms with Gasteiger partial charge in [-0.1, -0.05) is 6.07 Å². The molecule has 10 heteroatoms. The van der Waals surface area contributed by atoms with Crippen LogP contribution < -0.4 is 15.7 Å². The minimum atomic E-state index is -0.783. The fraction of sp³-hybridized carbons (Fsp3) is 0.227. The molecule has 0 saturated carbocycles. The van der Waals surface area contributed by atoms with Gasteiger partial charge in [-0.05, 0) is 43.0 Å². The summed E-state index contributed by atoms with van der Waals surface area (Å²) in [5.41, 5.74) is 1.79. The number of esters is 1. The molecule has 0 spiro atoms. The van der Waals surface area contributed by atoms with Gasteiger partial charge in [0.1, 0.15) is 11.3 Å². The SMILES string of the molecule is O=C(COC(=O)COc1ccc2c3c(c(=O)oc2c1)CCC3)Nc1cccc([N+](=O)[O-])c1. The number of nitrogens with zero attached hydrogens (tertiary/aromatic N) is 1. The van der Waals surface area contributed by atoms with E-state index in [0.29, 0.717) is 17.8 Å². The molecule has 32 heavy (non-hydrogen) atoms. The third-order valence-electron chi connectivity index (χ3n) is 5.01. The van der Waals surface area contributed by atoms with Crippen molar-refractivity contribution in [1.82, 2.24) is 0 Å².